The van der Waals surface area contributed by atoms with Crippen molar-refractivity contribution in [3.63, 3.8) is 0 Å². The van der Waals surface area contributed by atoms with Crippen molar-refractivity contribution in [3.8, 4) is 0 Å². The highest BCUT2D eigenvalue weighted by Gasteiger charge is 2.45. The number of morpholine rings is 1. The van der Waals surface area contributed by atoms with Crippen LogP contribution in [0.1, 0.15) is 38.5 Å². The maximum absolute atomic E-state index is 12.3. The molecule has 3 amide bonds. The van der Waals surface area contributed by atoms with E-state index in [1.54, 1.807) is 0 Å². The molecule has 122 valence electrons. The smallest absolute Gasteiger partial charge is 0.317 e. The summed E-state index contributed by atoms with van der Waals surface area (Å²) in [4.78, 5) is 28.3. The standard InChI is InChI=1S/C16H25N3O3/c20-15-10-22-14-9-18(16(21)17-12-5-6-12)8-13(14)19(15)7-11-3-1-2-4-11/h11-14H,1-10H2,(H,17,21)/t13-,14-/m1/s1. The van der Waals surface area contributed by atoms with Gasteiger partial charge in [0, 0.05) is 19.1 Å². The molecular formula is C16H25N3O3. The maximum Gasteiger partial charge on any atom is 0.317 e. The van der Waals surface area contributed by atoms with Crippen molar-refractivity contribution in [2.75, 3.05) is 26.2 Å². The quantitative estimate of drug-likeness (QED) is 0.845. The van der Waals surface area contributed by atoms with Crippen molar-refractivity contribution < 1.29 is 14.3 Å². The third kappa shape index (κ3) is 2.81. The summed E-state index contributed by atoms with van der Waals surface area (Å²) < 4.78 is 5.70. The molecule has 2 atom stereocenters. The Morgan fingerprint density at radius 3 is 2.68 bits per heavy atom. The van der Waals surface area contributed by atoms with E-state index in [-0.39, 0.29) is 30.7 Å². The van der Waals surface area contributed by atoms with E-state index in [1.165, 1.54) is 25.7 Å². The minimum Gasteiger partial charge on any atom is -0.364 e. The lowest BCUT2D eigenvalue weighted by atomic mass is 10.0. The highest BCUT2D eigenvalue weighted by molar-refractivity contribution is 5.80. The lowest BCUT2D eigenvalue weighted by Gasteiger charge is -2.38. The second kappa shape index (κ2) is 5.72. The van der Waals surface area contributed by atoms with Gasteiger partial charge in [0.15, 0.2) is 0 Å². The molecule has 0 aromatic carbocycles. The number of nitrogens with zero attached hydrogens (tertiary/aromatic N) is 2. The van der Waals surface area contributed by atoms with E-state index in [2.05, 4.69) is 5.32 Å². The fourth-order valence-corrected chi connectivity index (χ4v) is 4.03. The van der Waals surface area contributed by atoms with Crippen molar-refractivity contribution in [1.82, 2.24) is 15.1 Å². The van der Waals surface area contributed by atoms with Crippen molar-refractivity contribution in [2.45, 2.75) is 56.7 Å². The van der Waals surface area contributed by atoms with E-state index in [0.29, 0.717) is 25.0 Å². The van der Waals surface area contributed by atoms with Crippen LogP contribution in [-0.4, -0.2) is 66.2 Å². The number of rotatable bonds is 3. The Morgan fingerprint density at radius 2 is 1.95 bits per heavy atom. The fraction of sp³-hybridized carbons (Fsp3) is 0.875. The van der Waals surface area contributed by atoms with Gasteiger partial charge < -0.3 is 19.9 Å². The maximum atomic E-state index is 12.3. The molecule has 4 fully saturated rings. The first kappa shape index (κ1) is 14.3. The lowest BCUT2D eigenvalue weighted by molar-refractivity contribution is -0.153. The van der Waals surface area contributed by atoms with E-state index in [0.717, 1.165) is 19.4 Å². The molecule has 0 aromatic heterocycles. The molecule has 2 saturated carbocycles. The molecule has 2 heterocycles. The third-order valence-electron chi connectivity index (χ3n) is 5.50. The van der Waals surface area contributed by atoms with Gasteiger partial charge in [-0.1, -0.05) is 12.8 Å². The van der Waals surface area contributed by atoms with Crippen LogP contribution in [0.15, 0.2) is 0 Å². The monoisotopic (exact) mass is 307 g/mol. The topological polar surface area (TPSA) is 61.9 Å². The molecule has 22 heavy (non-hydrogen) atoms. The van der Waals surface area contributed by atoms with Gasteiger partial charge >= 0.3 is 6.03 Å². The van der Waals surface area contributed by atoms with Crippen LogP contribution in [0, 0.1) is 5.92 Å². The van der Waals surface area contributed by atoms with Crippen molar-refractivity contribution in [1.29, 1.82) is 0 Å². The van der Waals surface area contributed by atoms with Crippen molar-refractivity contribution in [3.05, 3.63) is 0 Å². The molecule has 4 aliphatic rings. The minimum absolute atomic E-state index is 0.00812. The summed E-state index contributed by atoms with van der Waals surface area (Å²) in [5.74, 6) is 0.731. The van der Waals surface area contributed by atoms with Crippen molar-refractivity contribution in [2.24, 2.45) is 5.92 Å². The summed E-state index contributed by atoms with van der Waals surface area (Å²) in [7, 11) is 0. The molecule has 0 spiro atoms. The average Bonchev–Trinajstić information content (AvgIpc) is 3.02. The lowest BCUT2D eigenvalue weighted by Crippen LogP contribution is -2.55. The number of likely N-dealkylation sites (tertiary alicyclic amines) is 1. The van der Waals surface area contributed by atoms with Crippen molar-refractivity contribution >= 4 is 11.9 Å². The number of urea groups is 1. The highest BCUT2D eigenvalue weighted by atomic mass is 16.5. The second-order valence-corrected chi connectivity index (χ2v) is 7.24. The largest absolute Gasteiger partial charge is 0.364 e. The molecule has 6 nitrogen and oxygen atoms in total. The summed E-state index contributed by atoms with van der Waals surface area (Å²) >= 11 is 0. The van der Waals surface area contributed by atoms with E-state index in [4.69, 9.17) is 4.74 Å². The zero-order chi connectivity index (χ0) is 15.1. The molecule has 1 N–H and O–H groups in total. The van der Waals surface area contributed by atoms with Crippen LogP contribution < -0.4 is 5.32 Å². The minimum atomic E-state index is -0.0101. The van der Waals surface area contributed by atoms with Crippen LogP contribution in [0.2, 0.25) is 0 Å². The molecule has 0 aromatic rings. The van der Waals surface area contributed by atoms with Gasteiger partial charge in [0.25, 0.3) is 0 Å². The number of nitrogens with one attached hydrogen (secondary N) is 1. The van der Waals surface area contributed by atoms with E-state index < -0.39 is 0 Å². The number of hydrogen-bond donors (Lipinski definition) is 1. The summed E-state index contributed by atoms with van der Waals surface area (Å²) in [5, 5.41) is 3.03. The predicted molar refractivity (Wildman–Crippen MR) is 80.3 cm³/mol. The van der Waals surface area contributed by atoms with Gasteiger partial charge in [0.05, 0.1) is 18.7 Å². The first-order chi connectivity index (χ1) is 10.7. The molecule has 2 saturated heterocycles. The molecule has 2 aliphatic heterocycles. The van der Waals surface area contributed by atoms with Gasteiger partial charge in [-0.3, -0.25) is 4.79 Å². The van der Waals surface area contributed by atoms with Crippen LogP contribution in [0.25, 0.3) is 0 Å². The molecule has 0 unspecified atom stereocenters. The van der Waals surface area contributed by atoms with Crippen LogP contribution in [0.5, 0.6) is 0 Å². The molecule has 4 rings (SSSR count). The SMILES string of the molecule is O=C(NC1CC1)N1C[C@@H]2[C@@H](C1)OCC(=O)N2CC1CCCC1. The van der Waals surface area contributed by atoms with Crippen LogP contribution in [0.3, 0.4) is 0 Å². The van der Waals surface area contributed by atoms with Gasteiger partial charge in [-0.15, -0.1) is 0 Å². The van der Waals surface area contributed by atoms with E-state index >= 15 is 0 Å². The molecule has 0 bridgehead atoms. The van der Waals surface area contributed by atoms with E-state index in [9.17, 15) is 9.59 Å². The fourth-order valence-electron chi connectivity index (χ4n) is 4.03. The Kier molecular flexibility index (Phi) is 3.72. The highest BCUT2D eigenvalue weighted by Crippen LogP contribution is 2.30. The number of fused-ring (bicyclic) bond motifs is 1. The number of hydrogen-bond acceptors (Lipinski definition) is 3. The molecular weight excluding hydrogens is 282 g/mol. The third-order valence-corrected chi connectivity index (χ3v) is 5.50. The van der Waals surface area contributed by atoms with Crippen LogP contribution in [-0.2, 0) is 9.53 Å². The first-order valence-electron chi connectivity index (χ1n) is 8.67. The van der Waals surface area contributed by atoms with Gasteiger partial charge in [-0.2, -0.15) is 0 Å². The number of carbonyl (C=O) groups is 2. The Morgan fingerprint density at radius 1 is 1.18 bits per heavy atom. The molecule has 6 heteroatoms. The first-order valence-corrected chi connectivity index (χ1v) is 8.67. The summed E-state index contributed by atoms with van der Waals surface area (Å²) in [6.45, 7) is 2.24. The Balaban J connectivity index is 1.41. The summed E-state index contributed by atoms with van der Waals surface area (Å²) in [6.07, 6.45) is 7.20. The number of carbonyl (C=O) groups excluding carboxylic acids is 2. The second-order valence-electron chi connectivity index (χ2n) is 7.24. The number of ether oxygens (including phenoxy) is 1. The number of amides is 3. The average molecular weight is 307 g/mol. The van der Waals surface area contributed by atoms with Gasteiger partial charge in [-0.05, 0) is 31.6 Å². The van der Waals surface area contributed by atoms with Crippen LogP contribution >= 0.6 is 0 Å². The van der Waals surface area contributed by atoms with E-state index in [1.807, 2.05) is 9.80 Å². The normalized spacial score (nSPS) is 32.5. The van der Waals surface area contributed by atoms with Gasteiger partial charge in [0.2, 0.25) is 5.91 Å². The predicted octanol–water partition coefficient (Wildman–Crippen LogP) is 0.960. The Bertz CT molecular complexity index is 460. The Hall–Kier alpha value is -1.30. The van der Waals surface area contributed by atoms with Crippen LogP contribution in [0.4, 0.5) is 4.79 Å². The van der Waals surface area contributed by atoms with Gasteiger partial charge in [0.1, 0.15) is 6.61 Å². The zero-order valence-corrected chi connectivity index (χ0v) is 13.0. The summed E-state index contributed by atoms with van der Waals surface area (Å²) in [6, 6.07) is 0.424. The molecule has 0 radical (unpaired) electrons. The summed E-state index contributed by atoms with van der Waals surface area (Å²) in [5.41, 5.74) is 0. The zero-order valence-electron chi connectivity index (χ0n) is 13.0. The van der Waals surface area contributed by atoms with Gasteiger partial charge in [-0.25, -0.2) is 4.79 Å². The Labute approximate surface area is 131 Å². The molecule has 2 aliphatic carbocycles.